The molecular formula is C17H19F2N. The lowest BCUT2D eigenvalue weighted by Gasteiger charge is -2.19. The second-order valence-electron chi connectivity index (χ2n) is 4.85. The van der Waals surface area contributed by atoms with Crippen molar-refractivity contribution in [2.75, 3.05) is 7.05 Å². The zero-order valence-electron chi connectivity index (χ0n) is 11.8. The molecule has 1 unspecified atom stereocenters. The van der Waals surface area contributed by atoms with Gasteiger partial charge in [0.2, 0.25) is 0 Å². The van der Waals surface area contributed by atoms with E-state index in [1.807, 2.05) is 24.3 Å². The van der Waals surface area contributed by atoms with Crippen LogP contribution in [0.25, 0.3) is 0 Å². The molecule has 20 heavy (non-hydrogen) atoms. The zero-order valence-corrected chi connectivity index (χ0v) is 11.8. The SMILES string of the molecule is CCCc1cccc(C(NC)c2c(F)cccc2F)c1. The summed E-state index contributed by atoms with van der Waals surface area (Å²) in [5.74, 6) is -1.05. The maximum Gasteiger partial charge on any atom is 0.131 e. The first-order chi connectivity index (χ1) is 9.67. The van der Waals surface area contributed by atoms with Crippen LogP contribution < -0.4 is 5.32 Å². The van der Waals surface area contributed by atoms with Crippen LogP contribution >= 0.6 is 0 Å². The Hall–Kier alpha value is -1.74. The first-order valence-electron chi connectivity index (χ1n) is 6.87. The van der Waals surface area contributed by atoms with Crippen molar-refractivity contribution in [2.45, 2.75) is 25.8 Å². The molecule has 1 nitrogen and oxygen atoms in total. The highest BCUT2D eigenvalue weighted by Crippen LogP contribution is 2.27. The predicted molar refractivity (Wildman–Crippen MR) is 77.7 cm³/mol. The highest BCUT2D eigenvalue weighted by atomic mass is 19.1. The summed E-state index contributed by atoms with van der Waals surface area (Å²) >= 11 is 0. The van der Waals surface area contributed by atoms with E-state index in [0.717, 1.165) is 18.4 Å². The third kappa shape index (κ3) is 3.05. The standard InChI is InChI=1S/C17H19F2N/c1-3-6-12-7-4-8-13(11-12)17(20-2)16-14(18)9-5-10-15(16)19/h4-5,7-11,17,20H,3,6H2,1-2H3. The van der Waals surface area contributed by atoms with Gasteiger partial charge in [0, 0.05) is 5.56 Å². The van der Waals surface area contributed by atoms with Gasteiger partial charge in [0.1, 0.15) is 11.6 Å². The van der Waals surface area contributed by atoms with Crippen molar-refractivity contribution in [3.05, 3.63) is 70.8 Å². The molecule has 2 rings (SSSR count). The van der Waals surface area contributed by atoms with Gasteiger partial charge in [-0.1, -0.05) is 43.7 Å². The quantitative estimate of drug-likeness (QED) is 0.861. The summed E-state index contributed by atoms with van der Waals surface area (Å²) in [6.45, 7) is 2.11. The molecule has 2 aromatic rings. The Morgan fingerprint density at radius 1 is 1.05 bits per heavy atom. The van der Waals surface area contributed by atoms with Crippen LogP contribution in [-0.4, -0.2) is 7.05 Å². The van der Waals surface area contributed by atoms with Crippen LogP contribution in [0.5, 0.6) is 0 Å². The van der Waals surface area contributed by atoms with E-state index in [1.165, 1.54) is 23.8 Å². The first kappa shape index (κ1) is 14.7. The molecule has 0 aliphatic heterocycles. The Bertz CT molecular complexity index is 561. The minimum absolute atomic E-state index is 0.0728. The van der Waals surface area contributed by atoms with E-state index in [1.54, 1.807) is 7.05 Å². The average molecular weight is 275 g/mol. The molecule has 0 aliphatic rings. The summed E-state index contributed by atoms with van der Waals surface area (Å²) in [6, 6.07) is 11.4. The second-order valence-corrected chi connectivity index (χ2v) is 4.85. The third-order valence-corrected chi connectivity index (χ3v) is 3.40. The largest absolute Gasteiger partial charge is 0.309 e. The number of aryl methyl sites for hydroxylation is 1. The summed E-state index contributed by atoms with van der Waals surface area (Å²) in [6.07, 6.45) is 2.01. The van der Waals surface area contributed by atoms with Gasteiger partial charge in [0.25, 0.3) is 0 Å². The Kier molecular flexibility index (Phi) is 4.85. The topological polar surface area (TPSA) is 12.0 Å². The van der Waals surface area contributed by atoms with Crippen LogP contribution in [0.3, 0.4) is 0 Å². The maximum atomic E-state index is 13.9. The minimum Gasteiger partial charge on any atom is -0.309 e. The monoisotopic (exact) mass is 275 g/mol. The van der Waals surface area contributed by atoms with Gasteiger partial charge in [-0.2, -0.15) is 0 Å². The lowest BCUT2D eigenvalue weighted by Crippen LogP contribution is -2.20. The molecule has 2 aromatic carbocycles. The van der Waals surface area contributed by atoms with Crippen molar-refractivity contribution in [1.29, 1.82) is 0 Å². The maximum absolute atomic E-state index is 13.9. The van der Waals surface area contributed by atoms with Crippen molar-refractivity contribution >= 4 is 0 Å². The normalized spacial score (nSPS) is 12.4. The van der Waals surface area contributed by atoms with E-state index in [9.17, 15) is 8.78 Å². The molecule has 0 aromatic heterocycles. The molecule has 0 saturated heterocycles. The second kappa shape index (κ2) is 6.62. The van der Waals surface area contributed by atoms with E-state index < -0.39 is 17.7 Å². The van der Waals surface area contributed by atoms with Crippen LogP contribution in [0.4, 0.5) is 8.78 Å². The Morgan fingerprint density at radius 2 is 1.70 bits per heavy atom. The third-order valence-electron chi connectivity index (χ3n) is 3.40. The van der Waals surface area contributed by atoms with E-state index in [0.29, 0.717) is 0 Å². The van der Waals surface area contributed by atoms with Crippen molar-refractivity contribution in [2.24, 2.45) is 0 Å². The Balaban J connectivity index is 2.44. The molecule has 1 N–H and O–H groups in total. The van der Waals surface area contributed by atoms with Gasteiger partial charge >= 0.3 is 0 Å². The van der Waals surface area contributed by atoms with Gasteiger partial charge in [-0.25, -0.2) is 8.78 Å². The van der Waals surface area contributed by atoms with Crippen LogP contribution in [0, 0.1) is 11.6 Å². The average Bonchev–Trinajstić information content (AvgIpc) is 2.44. The fourth-order valence-electron chi connectivity index (χ4n) is 2.48. The summed E-state index contributed by atoms with van der Waals surface area (Å²) in [5.41, 5.74) is 2.13. The molecule has 0 fully saturated rings. The molecule has 1 atom stereocenters. The molecule has 0 bridgehead atoms. The molecule has 0 saturated carbocycles. The minimum atomic E-state index is -0.523. The number of benzene rings is 2. The lowest BCUT2D eigenvalue weighted by molar-refractivity contribution is 0.522. The van der Waals surface area contributed by atoms with Gasteiger partial charge in [-0.05, 0) is 36.7 Å². The van der Waals surface area contributed by atoms with Crippen molar-refractivity contribution in [3.8, 4) is 0 Å². The lowest BCUT2D eigenvalue weighted by atomic mass is 9.95. The molecule has 0 amide bonds. The summed E-state index contributed by atoms with van der Waals surface area (Å²) in [5, 5.41) is 3.01. The number of rotatable bonds is 5. The highest BCUT2D eigenvalue weighted by molar-refractivity contribution is 5.35. The Labute approximate surface area is 118 Å². The summed E-state index contributed by atoms with van der Waals surface area (Å²) < 4.78 is 27.9. The van der Waals surface area contributed by atoms with Crippen LogP contribution in [-0.2, 0) is 6.42 Å². The highest BCUT2D eigenvalue weighted by Gasteiger charge is 2.20. The van der Waals surface area contributed by atoms with E-state index in [2.05, 4.69) is 12.2 Å². The molecule has 3 heteroatoms. The summed E-state index contributed by atoms with van der Waals surface area (Å²) in [4.78, 5) is 0. The van der Waals surface area contributed by atoms with Gasteiger partial charge in [0.05, 0.1) is 6.04 Å². The van der Waals surface area contributed by atoms with E-state index in [-0.39, 0.29) is 5.56 Å². The van der Waals surface area contributed by atoms with Crippen molar-refractivity contribution < 1.29 is 8.78 Å². The smallest absolute Gasteiger partial charge is 0.131 e. The number of hydrogen-bond acceptors (Lipinski definition) is 1. The van der Waals surface area contributed by atoms with Crippen LogP contribution in [0.2, 0.25) is 0 Å². The van der Waals surface area contributed by atoms with Gasteiger partial charge in [0.15, 0.2) is 0 Å². The number of nitrogens with one attached hydrogen (secondary N) is 1. The van der Waals surface area contributed by atoms with Crippen LogP contribution in [0.1, 0.15) is 36.1 Å². The number of hydrogen-bond donors (Lipinski definition) is 1. The van der Waals surface area contributed by atoms with E-state index >= 15 is 0 Å². The molecule has 106 valence electrons. The molecule has 0 radical (unpaired) electrons. The first-order valence-corrected chi connectivity index (χ1v) is 6.87. The predicted octanol–water partition coefficient (Wildman–Crippen LogP) is 4.23. The molecular weight excluding hydrogens is 256 g/mol. The Morgan fingerprint density at radius 3 is 2.30 bits per heavy atom. The fourth-order valence-corrected chi connectivity index (χ4v) is 2.48. The molecule has 0 aliphatic carbocycles. The van der Waals surface area contributed by atoms with Crippen molar-refractivity contribution in [1.82, 2.24) is 5.32 Å². The number of halogens is 2. The zero-order chi connectivity index (χ0) is 14.5. The van der Waals surface area contributed by atoms with Gasteiger partial charge in [-0.15, -0.1) is 0 Å². The van der Waals surface area contributed by atoms with Crippen LogP contribution in [0.15, 0.2) is 42.5 Å². The molecule has 0 heterocycles. The van der Waals surface area contributed by atoms with E-state index in [4.69, 9.17) is 0 Å². The van der Waals surface area contributed by atoms with Gasteiger partial charge in [-0.3, -0.25) is 0 Å². The molecule has 0 spiro atoms. The fraction of sp³-hybridized carbons (Fsp3) is 0.294. The van der Waals surface area contributed by atoms with Gasteiger partial charge < -0.3 is 5.32 Å². The van der Waals surface area contributed by atoms with Crippen molar-refractivity contribution in [3.63, 3.8) is 0 Å². The summed E-state index contributed by atoms with van der Waals surface area (Å²) in [7, 11) is 1.71.